The van der Waals surface area contributed by atoms with E-state index in [9.17, 15) is 13.0 Å². The molecule has 0 amide bonds. The van der Waals surface area contributed by atoms with E-state index in [1.807, 2.05) is 12.1 Å². The summed E-state index contributed by atoms with van der Waals surface area (Å²) in [6.07, 6.45) is -0.786. The smallest absolute Gasteiger partial charge is 0.724 e. The molecular formula is C13H11KO5S. The van der Waals surface area contributed by atoms with Crippen molar-refractivity contribution in [2.75, 3.05) is 0 Å². The van der Waals surface area contributed by atoms with Gasteiger partial charge in [-0.15, -0.1) is 4.33 Å². The van der Waals surface area contributed by atoms with E-state index >= 15 is 0 Å². The van der Waals surface area contributed by atoms with E-state index in [2.05, 4.69) is 4.33 Å². The predicted octanol–water partition coefficient (Wildman–Crippen LogP) is -0.812. The second-order valence-electron chi connectivity index (χ2n) is 3.77. The first-order valence-corrected chi connectivity index (χ1v) is 6.80. The second-order valence-corrected chi connectivity index (χ2v) is 4.73. The molecular weight excluding hydrogens is 307 g/mol. The summed E-state index contributed by atoms with van der Waals surface area (Å²) in [5.41, 5.74) is 1.36. The van der Waals surface area contributed by atoms with Crippen LogP contribution in [0, 0.1) is 0 Å². The zero-order valence-corrected chi connectivity index (χ0v) is 14.7. The normalized spacial score (nSPS) is 11.1. The first-order valence-electron chi connectivity index (χ1n) is 5.47. The van der Waals surface area contributed by atoms with Crippen molar-refractivity contribution in [3.8, 4) is 0 Å². The zero-order valence-electron chi connectivity index (χ0n) is 10.8. The predicted molar refractivity (Wildman–Crippen MR) is 66.6 cm³/mol. The van der Waals surface area contributed by atoms with Gasteiger partial charge >= 0.3 is 51.4 Å². The molecule has 0 aliphatic carbocycles. The molecule has 20 heavy (non-hydrogen) atoms. The quantitative estimate of drug-likeness (QED) is 0.237. The molecule has 0 saturated heterocycles. The molecule has 5 nitrogen and oxygen atoms in total. The molecule has 0 heterocycles. The average Bonchev–Trinajstić information content (AvgIpc) is 2.40. The fourth-order valence-electron chi connectivity index (χ4n) is 1.65. The number of hydrogen-bond acceptors (Lipinski definition) is 5. The summed E-state index contributed by atoms with van der Waals surface area (Å²) >= 11 is 0. The third-order valence-corrected chi connectivity index (χ3v) is 2.67. The first kappa shape index (κ1) is 18.0. The molecule has 0 atom stereocenters. The molecule has 2 rings (SSSR count). The molecule has 0 unspecified atom stereocenters. The largest absolute Gasteiger partial charge is 1.00 e. The van der Waals surface area contributed by atoms with Gasteiger partial charge in [0.05, 0.1) is 0 Å². The molecule has 2 aromatic carbocycles. The van der Waals surface area contributed by atoms with E-state index in [-0.39, 0.29) is 51.4 Å². The van der Waals surface area contributed by atoms with Crippen molar-refractivity contribution in [2.45, 2.75) is 6.10 Å². The second kappa shape index (κ2) is 8.37. The Morgan fingerprint density at radius 1 is 0.850 bits per heavy atom. The fourth-order valence-corrected chi connectivity index (χ4v) is 1.82. The van der Waals surface area contributed by atoms with Crippen LogP contribution in [0.15, 0.2) is 60.7 Å². The van der Waals surface area contributed by atoms with Gasteiger partial charge < -0.3 is 4.55 Å². The van der Waals surface area contributed by atoms with Crippen LogP contribution in [-0.2, 0) is 19.6 Å². The summed E-state index contributed by atoms with van der Waals surface area (Å²) in [4.78, 5) is 4.78. The Kier molecular flexibility index (Phi) is 7.52. The van der Waals surface area contributed by atoms with Crippen molar-refractivity contribution < 1.29 is 73.6 Å². The maximum Gasteiger partial charge on any atom is 1.00 e. The average molecular weight is 318 g/mol. The van der Waals surface area contributed by atoms with Crippen LogP contribution in [0.2, 0.25) is 0 Å². The van der Waals surface area contributed by atoms with Gasteiger partial charge in [0.25, 0.3) is 0 Å². The molecule has 100 valence electrons. The Balaban J connectivity index is 0.00000200. The third kappa shape index (κ3) is 5.72. The van der Waals surface area contributed by atoms with E-state index < -0.39 is 16.5 Å². The van der Waals surface area contributed by atoms with Crippen LogP contribution in [0.25, 0.3) is 0 Å². The zero-order chi connectivity index (χ0) is 13.7. The molecule has 2 aromatic rings. The molecule has 0 fully saturated rings. The van der Waals surface area contributed by atoms with Crippen molar-refractivity contribution in [2.24, 2.45) is 0 Å². The summed E-state index contributed by atoms with van der Waals surface area (Å²) in [5, 5.41) is 0. The number of benzene rings is 2. The van der Waals surface area contributed by atoms with Crippen LogP contribution in [0.1, 0.15) is 17.2 Å². The Hall–Kier alpha value is -0.0936. The molecule has 0 aliphatic rings. The minimum absolute atomic E-state index is 0. The molecule has 0 N–H and O–H groups in total. The van der Waals surface area contributed by atoms with E-state index in [1.54, 1.807) is 48.5 Å². The van der Waals surface area contributed by atoms with Crippen LogP contribution < -0.4 is 51.4 Å². The van der Waals surface area contributed by atoms with Gasteiger partial charge in [-0.25, -0.2) is 13.3 Å². The van der Waals surface area contributed by atoms with E-state index in [0.29, 0.717) is 11.1 Å². The summed E-state index contributed by atoms with van der Waals surface area (Å²) in [7, 11) is -4.91. The fraction of sp³-hybridized carbons (Fsp3) is 0.0769. The van der Waals surface area contributed by atoms with Gasteiger partial charge in [0.15, 0.2) is 0 Å². The Morgan fingerprint density at radius 2 is 1.25 bits per heavy atom. The van der Waals surface area contributed by atoms with Crippen LogP contribution in [-0.4, -0.2) is 13.0 Å². The summed E-state index contributed by atoms with van der Waals surface area (Å²) in [5.74, 6) is 0. The molecule has 0 aliphatic heterocycles. The summed E-state index contributed by atoms with van der Waals surface area (Å²) < 4.78 is 35.4. The van der Waals surface area contributed by atoms with Gasteiger partial charge in [0.1, 0.15) is 6.10 Å². The SMILES string of the molecule is O=S(=O)([O-])OOC(c1ccccc1)c1ccccc1.[K+]. The van der Waals surface area contributed by atoms with Gasteiger partial charge in [-0.3, -0.25) is 0 Å². The first-order chi connectivity index (χ1) is 9.06. The van der Waals surface area contributed by atoms with Crippen molar-refractivity contribution >= 4 is 10.4 Å². The van der Waals surface area contributed by atoms with Crippen molar-refractivity contribution in [1.82, 2.24) is 0 Å². The van der Waals surface area contributed by atoms with Crippen LogP contribution in [0.3, 0.4) is 0 Å². The molecule has 0 bridgehead atoms. The maximum absolute atomic E-state index is 10.5. The van der Waals surface area contributed by atoms with E-state index in [4.69, 9.17) is 4.89 Å². The molecule has 0 saturated carbocycles. The standard InChI is InChI=1S/C13H12O5S.K/c14-19(15,16)18-17-13(11-7-3-1-4-8-11)12-9-5-2-6-10-12;/h1-10,13H,(H,14,15,16);/q;+1/p-1. The van der Waals surface area contributed by atoms with E-state index in [1.165, 1.54) is 0 Å². The van der Waals surface area contributed by atoms with Gasteiger partial charge in [-0.1, -0.05) is 60.7 Å². The third-order valence-electron chi connectivity index (χ3n) is 2.42. The number of hydrogen-bond donors (Lipinski definition) is 0. The molecule has 0 aromatic heterocycles. The topological polar surface area (TPSA) is 75.7 Å². The molecule has 0 radical (unpaired) electrons. The summed E-state index contributed by atoms with van der Waals surface area (Å²) in [6, 6.07) is 17.7. The van der Waals surface area contributed by atoms with Gasteiger partial charge in [0, 0.05) is 0 Å². The maximum atomic E-state index is 10.5. The molecule has 0 spiro atoms. The van der Waals surface area contributed by atoms with Crippen molar-refractivity contribution in [1.29, 1.82) is 0 Å². The molecule has 7 heteroatoms. The summed E-state index contributed by atoms with van der Waals surface area (Å²) in [6.45, 7) is 0. The Labute approximate surface area is 160 Å². The van der Waals surface area contributed by atoms with Crippen LogP contribution in [0.4, 0.5) is 0 Å². The Morgan fingerprint density at radius 3 is 1.60 bits per heavy atom. The monoisotopic (exact) mass is 318 g/mol. The number of rotatable bonds is 5. The van der Waals surface area contributed by atoms with Gasteiger partial charge in [-0.2, -0.15) is 0 Å². The minimum atomic E-state index is -4.91. The van der Waals surface area contributed by atoms with Crippen molar-refractivity contribution in [3.05, 3.63) is 71.8 Å². The van der Waals surface area contributed by atoms with Crippen molar-refractivity contribution in [3.63, 3.8) is 0 Å². The Bertz CT molecular complexity index is 576. The van der Waals surface area contributed by atoms with Crippen LogP contribution >= 0.6 is 0 Å². The van der Waals surface area contributed by atoms with E-state index in [0.717, 1.165) is 0 Å². The van der Waals surface area contributed by atoms with Gasteiger partial charge in [-0.05, 0) is 11.1 Å². The van der Waals surface area contributed by atoms with Crippen LogP contribution in [0.5, 0.6) is 0 Å². The van der Waals surface area contributed by atoms with Gasteiger partial charge in [0.2, 0.25) is 10.4 Å². The minimum Gasteiger partial charge on any atom is -0.724 e.